The summed E-state index contributed by atoms with van der Waals surface area (Å²) >= 11 is 0. The Morgan fingerprint density at radius 1 is 0.967 bits per heavy atom. The molecule has 30 heavy (non-hydrogen) atoms. The van der Waals surface area contributed by atoms with Gasteiger partial charge < -0.3 is 15.0 Å². The van der Waals surface area contributed by atoms with Crippen LogP contribution in [0.5, 0.6) is 5.88 Å². The molecule has 0 unspecified atom stereocenters. The highest BCUT2D eigenvalue weighted by atomic mass is 19.4. The Hall–Kier alpha value is -2.96. The van der Waals surface area contributed by atoms with Crippen LogP contribution in [0.15, 0.2) is 47.5 Å². The number of hydrogen-bond donors (Lipinski definition) is 2. The van der Waals surface area contributed by atoms with Gasteiger partial charge in [-0.05, 0) is 37.1 Å². The molecule has 4 nitrogen and oxygen atoms in total. The Morgan fingerprint density at radius 2 is 1.67 bits per heavy atom. The maximum absolute atomic E-state index is 13.8. The van der Waals surface area contributed by atoms with Crippen molar-refractivity contribution in [2.75, 3.05) is 18.0 Å². The molecule has 0 radical (unpaired) electrons. The largest absolute Gasteiger partial charge is 0.494 e. The normalized spacial score (nSPS) is 16.2. The van der Waals surface area contributed by atoms with Gasteiger partial charge >= 0.3 is 6.18 Å². The molecule has 1 aliphatic heterocycles. The molecule has 3 aromatic rings. The lowest BCUT2D eigenvalue weighted by Gasteiger charge is -2.29. The second-order valence-electron chi connectivity index (χ2n) is 7.65. The van der Waals surface area contributed by atoms with Crippen LogP contribution in [-0.4, -0.2) is 29.4 Å². The fourth-order valence-corrected chi connectivity index (χ4v) is 4.01. The second-order valence-corrected chi connectivity index (χ2v) is 7.65. The van der Waals surface area contributed by atoms with Gasteiger partial charge in [0.25, 0.3) is 0 Å². The number of hydrogen-bond acceptors (Lipinski definition) is 3. The minimum atomic E-state index is -4.47. The molecule has 0 amide bonds. The van der Waals surface area contributed by atoms with Gasteiger partial charge in [0, 0.05) is 35.9 Å². The molecule has 1 saturated heterocycles. The quantitative estimate of drug-likeness (QED) is 0.486. The van der Waals surface area contributed by atoms with Gasteiger partial charge in [0.05, 0.1) is 16.8 Å². The number of anilines is 1. The van der Waals surface area contributed by atoms with E-state index >= 15 is 0 Å². The van der Waals surface area contributed by atoms with E-state index in [9.17, 15) is 18.3 Å². The van der Waals surface area contributed by atoms with Crippen LogP contribution >= 0.6 is 0 Å². The predicted molar refractivity (Wildman–Crippen MR) is 114 cm³/mol. The number of H-pyrrole nitrogens is 1. The topological polar surface area (TPSA) is 51.6 Å². The SMILES string of the molecule is Oc1[nH]c2ccccc2c1C=Nc1ccc(N2CCCCCCC2)c(C(F)(F)F)c1. The smallest absolute Gasteiger partial charge is 0.418 e. The van der Waals surface area contributed by atoms with Crippen LogP contribution in [-0.2, 0) is 6.18 Å². The zero-order chi connectivity index (χ0) is 21.1. The molecule has 0 atom stereocenters. The summed E-state index contributed by atoms with van der Waals surface area (Å²) in [5, 5.41) is 10.9. The molecule has 0 spiro atoms. The number of halogens is 3. The van der Waals surface area contributed by atoms with Crippen molar-refractivity contribution in [3.8, 4) is 5.88 Å². The lowest BCUT2D eigenvalue weighted by Crippen LogP contribution is -2.29. The van der Waals surface area contributed by atoms with E-state index in [4.69, 9.17) is 0 Å². The van der Waals surface area contributed by atoms with Crippen molar-refractivity contribution in [3.05, 3.63) is 53.6 Å². The third-order valence-electron chi connectivity index (χ3n) is 5.55. The molecule has 2 aromatic carbocycles. The maximum atomic E-state index is 13.8. The lowest BCUT2D eigenvalue weighted by molar-refractivity contribution is -0.137. The van der Waals surface area contributed by atoms with Gasteiger partial charge in [-0.2, -0.15) is 13.2 Å². The summed E-state index contributed by atoms with van der Waals surface area (Å²) in [5.74, 6) is -0.0618. The zero-order valence-electron chi connectivity index (χ0n) is 16.5. The third-order valence-corrected chi connectivity index (χ3v) is 5.55. The van der Waals surface area contributed by atoms with E-state index in [2.05, 4.69) is 9.98 Å². The first-order valence-electron chi connectivity index (χ1n) is 10.2. The summed E-state index contributed by atoms with van der Waals surface area (Å²) in [5.41, 5.74) is 0.939. The highest BCUT2D eigenvalue weighted by Gasteiger charge is 2.35. The summed E-state index contributed by atoms with van der Waals surface area (Å²) in [6.45, 7) is 1.27. The van der Waals surface area contributed by atoms with E-state index in [1.807, 2.05) is 29.2 Å². The van der Waals surface area contributed by atoms with Crippen molar-refractivity contribution < 1.29 is 18.3 Å². The minimum absolute atomic E-state index is 0.0618. The van der Waals surface area contributed by atoms with Crippen molar-refractivity contribution in [1.82, 2.24) is 4.98 Å². The van der Waals surface area contributed by atoms with Crippen LogP contribution in [0.2, 0.25) is 0 Å². The molecule has 2 N–H and O–H groups in total. The van der Waals surface area contributed by atoms with Crippen LogP contribution in [0.4, 0.5) is 24.5 Å². The Kier molecular flexibility index (Phi) is 5.70. The second kappa shape index (κ2) is 8.42. The number of rotatable bonds is 3. The zero-order valence-corrected chi connectivity index (χ0v) is 16.5. The number of aromatic nitrogens is 1. The first kappa shape index (κ1) is 20.3. The fraction of sp³-hybridized carbons (Fsp3) is 0.348. The van der Waals surface area contributed by atoms with Crippen LogP contribution in [0.3, 0.4) is 0 Å². The Labute approximate surface area is 173 Å². The van der Waals surface area contributed by atoms with Gasteiger partial charge in [-0.15, -0.1) is 0 Å². The van der Waals surface area contributed by atoms with Crippen LogP contribution in [0.1, 0.15) is 43.2 Å². The number of aromatic hydroxyl groups is 1. The summed E-state index contributed by atoms with van der Waals surface area (Å²) in [4.78, 5) is 8.92. The molecule has 0 saturated carbocycles. The number of nitrogens with zero attached hydrogens (tertiary/aromatic N) is 2. The standard InChI is InChI=1S/C23H24F3N3O/c24-23(25,26)19-14-16(10-11-21(19)29-12-6-2-1-3-7-13-29)27-15-18-17-8-4-5-9-20(17)28-22(18)30/h4-5,8-11,14-15,28,30H,1-3,6-7,12-13H2. The third kappa shape index (κ3) is 4.30. The number of benzene rings is 2. The Bertz CT molecular complexity index is 1050. The lowest BCUT2D eigenvalue weighted by atomic mass is 10.1. The maximum Gasteiger partial charge on any atom is 0.418 e. The number of aromatic amines is 1. The Balaban J connectivity index is 1.67. The molecule has 0 aliphatic carbocycles. The van der Waals surface area contributed by atoms with Crippen molar-refractivity contribution in [2.45, 2.75) is 38.3 Å². The van der Waals surface area contributed by atoms with E-state index < -0.39 is 11.7 Å². The van der Waals surface area contributed by atoms with E-state index in [-0.39, 0.29) is 17.3 Å². The number of alkyl halides is 3. The van der Waals surface area contributed by atoms with Crippen molar-refractivity contribution in [1.29, 1.82) is 0 Å². The highest BCUT2D eigenvalue weighted by Crippen LogP contribution is 2.39. The highest BCUT2D eigenvalue weighted by molar-refractivity contribution is 6.02. The average molecular weight is 415 g/mol. The van der Waals surface area contributed by atoms with Gasteiger partial charge in [-0.25, -0.2) is 0 Å². The molecule has 4 rings (SSSR count). The van der Waals surface area contributed by atoms with Crippen molar-refractivity contribution >= 4 is 28.5 Å². The fourth-order valence-electron chi connectivity index (χ4n) is 4.01. The summed E-state index contributed by atoms with van der Waals surface area (Å²) in [7, 11) is 0. The molecule has 7 heteroatoms. The van der Waals surface area contributed by atoms with Crippen molar-refractivity contribution in [3.63, 3.8) is 0 Å². The van der Waals surface area contributed by atoms with Crippen LogP contribution in [0, 0.1) is 0 Å². The van der Waals surface area contributed by atoms with E-state index in [1.165, 1.54) is 12.3 Å². The summed E-state index contributed by atoms with van der Waals surface area (Å²) in [6.07, 6.45) is 1.98. The molecular weight excluding hydrogens is 391 g/mol. The summed E-state index contributed by atoms with van der Waals surface area (Å²) in [6, 6.07) is 11.5. The molecule has 0 bridgehead atoms. The minimum Gasteiger partial charge on any atom is -0.494 e. The molecular formula is C23H24F3N3O. The number of fused-ring (bicyclic) bond motifs is 1. The number of nitrogens with one attached hydrogen (secondary N) is 1. The van der Waals surface area contributed by atoms with Crippen LogP contribution in [0.25, 0.3) is 10.9 Å². The number of para-hydroxylation sites is 1. The molecule has 1 aliphatic rings. The van der Waals surface area contributed by atoms with Gasteiger partial charge in [0.15, 0.2) is 5.88 Å². The van der Waals surface area contributed by atoms with Crippen LogP contribution < -0.4 is 4.90 Å². The van der Waals surface area contributed by atoms with Gasteiger partial charge in [-0.1, -0.05) is 37.5 Å². The predicted octanol–water partition coefficient (Wildman–Crippen LogP) is 6.41. The molecule has 1 fully saturated rings. The number of aliphatic imine (C=N–C) groups is 1. The monoisotopic (exact) mass is 415 g/mol. The average Bonchev–Trinajstić information content (AvgIpc) is 3.00. The van der Waals surface area contributed by atoms with Gasteiger partial charge in [-0.3, -0.25) is 4.99 Å². The van der Waals surface area contributed by atoms with Gasteiger partial charge in [0.2, 0.25) is 0 Å². The first-order valence-corrected chi connectivity index (χ1v) is 10.2. The van der Waals surface area contributed by atoms with E-state index in [0.29, 0.717) is 18.7 Å². The Morgan fingerprint density at radius 3 is 2.40 bits per heavy atom. The molecule has 158 valence electrons. The van der Waals surface area contributed by atoms with E-state index in [0.717, 1.165) is 49.1 Å². The van der Waals surface area contributed by atoms with E-state index in [1.54, 1.807) is 6.07 Å². The van der Waals surface area contributed by atoms with Gasteiger partial charge in [0.1, 0.15) is 0 Å². The first-order chi connectivity index (χ1) is 14.4. The van der Waals surface area contributed by atoms with Crippen molar-refractivity contribution in [2.24, 2.45) is 4.99 Å². The summed E-state index contributed by atoms with van der Waals surface area (Å²) < 4.78 is 41.5. The molecule has 2 heterocycles. The molecule has 1 aromatic heterocycles.